The van der Waals surface area contributed by atoms with Gasteiger partial charge in [0.05, 0.1) is 12.2 Å². The molecule has 1 aliphatic carbocycles. The third-order valence-electron chi connectivity index (χ3n) is 2.67. The Labute approximate surface area is 69.2 Å². The molecule has 3 atom stereocenters. The molecule has 10 heavy (non-hydrogen) atoms. The van der Waals surface area contributed by atoms with Crippen molar-refractivity contribution in [3.05, 3.63) is 0 Å². The van der Waals surface area contributed by atoms with Crippen molar-refractivity contribution >= 4 is 10.0 Å². The quantitative estimate of drug-likeness (QED) is 0.440. The van der Waals surface area contributed by atoms with Crippen molar-refractivity contribution in [2.24, 2.45) is 5.92 Å². The van der Waals surface area contributed by atoms with Gasteiger partial charge in [0, 0.05) is 13.7 Å². The fourth-order valence-electron chi connectivity index (χ4n) is 1.95. The van der Waals surface area contributed by atoms with E-state index < -0.39 is 10.0 Å². The largest absolute Gasteiger partial charge is 0.370 e. The Morgan fingerprint density at radius 2 is 2.50 bits per heavy atom. The first-order chi connectivity index (χ1) is 6.04. The molecule has 1 heterocycles. The van der Waals surface area contributed by atoms with Crippen molar-refractivity contribution in [3.63, 3.8) is 0 Å². The van der Waals surface area contributed by atoms with Crippen LogP contribution in [0.25, 0.3) is 0 Å². The molecule has 0 bridgehead atoms. The minimum absolute atomic E-state index is 0.497. The summed E-state index contributed by atoms with van der Waals surface area (Å²) in [4.78, 5) is 0. The zero-order chi connectivity index (χ0) is 9.47. The predicted molar refractivity (Wildman–Crippen MR) is 45.4 cm³/mol. The SMILES string of the molecule is [3H][Si]([3H])([3H])CCC1CCC2OC2C1. The number of hydrogen-bond acceptors (Lipinski definition) is 1. The Kier molecular flexibility index (Phi) is 1.14. The summed E-state index contributed by atoms with van der Waals surface area (Å²) in [6, 6.07) is 0.509. The van der Waals surface area contributed by atoms with E-state index in [-0.39, 0.29) is 0 Å². The average molecular weight is 162 g/mol. The molecule has 3 unspecified atom stereocenters. The highest BCUT2D eigenvalue weighted by atomic mass is 28.1. The molecule has 1 aliphatic heterocycles. The van der Waals surface area contributed by atoms with Crippen LogP contribution in [0.1, 0.15) is 25.7 Å². The molecule has 0 N–H and O–H groups in total. The van der Waals surface area contributed by atoms with Crippen LogP contribution in [-0.4, -0.2) is 26.0 Å². The molecule has 2 aliphatic rings. The maximum Gasteiger partial charge on any atom is 0.0844 e. The molecule has 1 nitrogen and oxygen atoms in total. The molecule has 0 aromatic carbocycles. The number of epoxide rings is 1. The molecule has 1 saturated carbocycles. The fourth-order valence-corrected chi connectivity index (χ4v) is 2.36. The van der Waals surface area contributed by atoms with Gasteiger partial charge in [0.15, 0.2) is 0 Å². The van der Waals surface area contributed by atoms with E-state index in [2.05, 4.69) is 0 Å². The van der Waals surface area contributed by atoms with E-state index in [1.165, 1.54) is 6.42 Å². The van der Waals surface area contributed by atoms with Gasteiger partial charge in [-0.3, -0.25) is 0 Å². The first kappa shape index (κ1) is 4.26. The summed E-state index contributed by atoms with van der Waals surface area (Å²) in [7, 11) is -3.04. The highest BCUT2D eigenvalue weighted by Crippen LogP contribution is 2.40. The summed E-state index contributed by atoms with van der Waals surface area (Å²) < 4.78 is 27.2. The molecule has 0 spiro atoms. The van der Waals surface area contributed by atoms with Crippen molar-refractivity contribution in [2.75, 3.05) is 0 Å². The molecule has 0 aromatic heterocycles. The van der Waals surface area contributed by atoms with Gasteiger partial charge in [-0.25, -0.2) is 0 Å². The number of ether oxygens (including phenoxy) is 1. The van der Waals surface area contributed by atoms with E-state index in [0.717, 1.165) is 19.3 Å². The van der Waals surface area contributed by atoms with E-state index >= 15 is 0 Å². The lowest BCUT2D eigenvalue weighted by molar-refractivity contribution is 0.357. The van der Waals surface area contributed by atoms with Crippen LogP contribution in [0.5, 0.6) is 0 Å². The van der Waals surface area contributed by atoms with Crippen LogP contribution in [-0.2, 0) is 4.74 Å². The summed E-state index contributed by atoms with van der Waals surface area (Å²) in [6.07, 6.45) is 5.42. The minimum atomic E-state index is -3.04. The van der Waals surface area contributed by atoms with Crippen LogP contribution in [0, 0.1) is 5.92 Å². The monoisotopic (exact) mass is 162 g/mol. The zero-order valence-electron chi connectivity index (χ0n) is 9.18. The number of hydrogen-bond donors (Lipinski definition) is 0. The summed E-state index contributed by atoms with van der Waals surface area (Å²) >= 11 is 0. The fraction of sp³-hybridized carbons (Fsp3) is 1.00. The Morgan fingerprint density at radius 3 is 3.30 bits per heavy atom. The van der Waals surface area contributed by atoms with E-state index in [9.17, 15) is 0 Å². The van der Waals surface area contributed by atoms with Gasteiger partial charge in [-0.05, 0) is 25.2 Å². The Hall–Kier alpha value is 0.177. The van der Waals surface area contributed by atoms with Gasteiger partial charge in [0.2, 0.25) is 0 Å². The Morgan fingerprint density at radius 1 is 1.50 bits per heavy atom. The van der Waals surface area contributed by atoms with Crippen LogP contribution in [0.4, 0.5) is 0 Å². The lowest BCUT2D eigenvalue weighted by Crippen LogP contribution is -2.12. The Bertz CT molecular complexity index is 194. The van der Waals surface area contributed by atoms with Gasteiger partial charge < -0.3 is 4.74 Å². The lowest BCUT2D eigenvalue weighted by atomic mass is 9.88. The van der Waals surface area contributed by atoms with Crippen molar-refractivity contribution in [1.82, 2.24) is 0 Å². The molecular weight excluding hydrogens is 140 g/mol. The molecule has 2 heteroatoms. The smallest absolute Gasteiger partial charge is 0.0844 e. The molecule has 2 rings (SSSR count). The Balaban J connectivity index is 1.70. The van der Waals surface area contributed by atoms with Crippen LogP contribution in [0.3, 0.4) is 0 Å². The second-order valence-electron chi connectivity index (χ2n) is 3.43. The number of fused-ring (bicyclic) bond motifs is 1. The summed E-state index contributed by atoms with van der Waals surface area (Å²) in [6.45, 7) is 0. The van der Waals surface area contributed by atoms with E-state index in [1.807, 2.05) is 0 Å². The van der Waals surface area contributed by atoms with Crippen molar-refractivity contribution < 1.29 is 4.74 Å². The van der Waals surface area contributed by atoms with Gasteiger partial charge in [-0.1, -0.05) is 12.5 Å². The minimum Gasteiger partial charge on any atom is -0.370 e. The topological polar surface area (TPSA) is 12.5 Å². The van der Waals surface area contributed by atoms with E-state index in [1.54, 1.807) is 0 Å². The molecule has 0 radical (unpaired) electrons. The van der Waals surface area contributed by atoms with E-state index in [0.29, 0.717) is 24.2 Å². The maximum atomic E-state index is 7.25. The number of rotatable bonds is 3. The van der Waals surface area contributed by atoms with Crippen LogP contribution in [0.2, 0.25) is 6.04 Å². The molecule has 0 amide bonds. The summed E-state index contributed by atoms with van der Waals surface area (Å²) in [5.74, 6) is 0.636. The van der Waals surface area contributed by atoms with Crippen molar-refractivity contribution in [2.45, 2.75) is 43.9 Å². The maximum absolute atomic E-state index is 7.25. The molecule has 58 valence electrons. The van der Waals surface area contributed by atoms with Crippen LogP contribution in [0.15, 0.2) is 0 Å². The van der Waals surface area contributed by atoms with Crippen molar-refractivity contribution in [3.8, 4) is 0 Å². The third kappa shape index (κ3) is 1.27. The molecule has 1 saturated heterocycles. The molecule has 0 aromatic rings. The molecule has 2 fully saturated rings. The second-order valence-corrected chi connectivity index (χ2v) is 3.93. The first-order valence-electron chi connectivity index (χ1n) is 5.70. The normalized spacial score (nSPS) is 50.4. The van der Waals surface area contributed by atoms with Gasteiger partial charge >= 0.3 is 0 Å². The highest BCUT2D eigenvalue weighted by Gasteiger charge is 2.43. The first-order valence-corrected chi connectivity index (χ1v) is 4.91. The summed E-state index contributed by atoms with van der Waals surface area (Å²) in [5.41, 5.74) is 0. The third-order valence-corrected chi connectivity index (χ3v) is 2.95. The lowest BCUT2D eigenvalue weighted by Gasteiger charge is -2.17. The van der Waals surface area contributed by atoms with Gasteiger partial charge in [0.25, 0.3) is 0 Å². The van der Waals surface area contributed by atoms with Gasteiger partial charge in [-0.2, -0.15) is 0 Å². The predicted octanol–water partition coefficient (Wildman–Crippen LogP) is 0.728. The van der Waals surface area contributed by atoms with Gasteiger partial charge in [0.1, 0.15) is 0 Å². The highest BCUT2D eigenvalue weighted by molar-refractivity contribution is 6.08. The van der Waals surface area contributed by atoms with Gasteiger partial charge in [-0.15, -0.1) is 0 Å². The van der Waals surface area contributed by atoms with Crippen molar-refractivity contribution in [1.29, 1.82) is 3.70 Å². The van der Waals surface area contributed by atoms with E-state index in [4.69, 9.17) is 8.44 Å². The van der Waals surface area contributed by atoms with Crippen LogP contribution < -0.4 is 0 Å². The molecular formula is C8H16OSi. The summed E-state index contributed by atoms with van der Waals surface area (Å²) in [5, 5.41) is 0. The van der Waals surface area contributed by atoms with Crippen LogP contribution >= 0.6 is 0 Å². The zero-order valence-corrected chi connectivity index (χ0v) is 7.18. The second kappa shape index (κ2) is 2.66. The average Bonchev–Trinajstić information content (AvgIpc) is 2.76. The standard InChI is InChI=1S/C8H16OSi/c10-4-3-6-1-2-7-8(5-6)9-7/h6-8H,1-5H2,10H3/i10T3.